The molecule has 1 saturated heterocycles. The number of nitrogens with zero attached hydrogens (tertiary/aromatic N) is 1. The van der Waals surface area contributed by atoms with Crippen molar-refractivity contribution in [2.75, 3.05) is 19.8 Å². The lowest BCUT2D eigenvalue weighted by molar-refractivity contribution is -0.144. The summed E-state index contributed by atoms with van der Waals surface area (Å²) in [5.74, 6) is -0.298. The highest BCUT2D eigenvalue weighted by Crippen LogP contribution is 2.10. The fraction of sp³-hybridized carbons (Fsp3) is 0.611. The molecule has 1 unspecified atom stereocenters. The first-order chi connectivity index (χ1) is 11.7. The Morgan fingerprint density at radius 1 is 1.16 bits per heavy atom. The summed E-state index contributed by atoms with van der Waals surface area (Å²) in [4.78, 5) is 26.0. The van der Waals surface area contributed by atoms with E-state index in [2.05, 4.69) is 10.3 Å². The first kappa shape index (κ1) is 23.3. The maximum Gasteiger partial charge on any atom is 0.311 e. The third kappa shape index (κ3) is 11.5. The van der Waals surface area contributed by atoms with Crippen LogP contribution in [-0.2, 0) is 25.5 Å². The van der Waals surface area contributed by atoms with Crippen molar-refractivity contribution < 1.29 is 19.1 Å². The number of nitrogens with one attached hydrogen (secondary N) is 1. The molecule has 0 spiro atoms. The average Bonchev–Trinajstić information content (AvgIpc) is 2.58. The summed E-state index contributed by atoms with van der Waals surface area (Å²) >= 11 is 0. The molecule has 2 heterocycles. The second-order valence-corrected chi connectivity index (χ2v) is 5.46. The summed E-state index contributed by atoms with van der Waals surface area (Å²) in [5.41, 5.74) is 0.746. The van der Waals surface area contributed by atoms with Crippen molar-refractivity contribution in [2.45, 2.75) is 52.0 Å². The zero-order chi connectivity index (χ0) is 17.6. The van der Waals surface area contributed by atoms with Gasteiger partial charge in [0, 0.05) is 12.2 Å². The van der Waals surface area contributed by atoms with E-state index in [1.165, 1.54) is 12.8 Å². The lowest BCUT2D eigenvalue weighted by atomic mass is 10.0. The van der Waals surface area contributed by atoms with Crippen LogP contribution in [0.2, 0.25) is 0 Å². The van der Waals surface area contributed by atoms with Crippen molar-refractivity contribution in [1.29, 1.82) is 0 Å². The van der Waals surface area contributed by atoms with Gasteiger partial charge in [-0.1, -0.05) is 12.5 Å². The third-order valence-electron chi connectivity index (χ3n) is 3.49. The molecule has 1 aromatic rings. The van der Waals surface area contributed by atoms with Crippen molar-refractivity contribution in [1.82, 2.24) is 10.3 Å². The van der Waals surface area contributed by atoms with E-state index in [1.54, 1.807) is 19.2 Å². The van der Waals surface area contributed by atoms with Gasteiger partial charge in [0.05, 0.1) is 31.7 Å². The maximum atomic E-state index is 11.0. The Labute approximate surface area is 156 Å². The highest BCUT2D eigenvalue weighted by molar-refractivity contribution is 5.85. The molecule has 0 radical (unpaired) electrons. The number of hydrogen-bond donors (Lipinski definition) is 1. The zero-order valence-electron chi connectivity index (χ0n) is 15.0. The highest BCUT2D eigenvalue weighted by Gasteiger charge is 2.16. The number of ether oxygens (including phenoxy) is 2. The molecule has 1 aliphatic rings. The second-order valence-electron chi connectivity index (χ2n) is 5.46. The molecule has 0 aliphatic carbocycles. The number of hydrogen-bond acceptors (Lipinski definition) is 6. The van der Waals surface area contributed by atoms with Gasteiger partial charge in [0.2, 0.25) is 0 Å². The molecule has 1 aromatic heterocycles. The lowest BCUT2D eigenvalue weighted by Gasteiger charge is -2.22. The summed E-state index contributed by atoms with van der Waals surface area (Å²) in [6, 6.07) is 5.82. The van der Waals surface area contributed by atoms with E-state index in [0.29, 0.717) is 25.7 Å². The minimum Gasteiger partial charge on any atom is -0.466 e. The predicted molar refractivity (Wildman–Crippen MR) is 98.7 cm³/mol. The zero-order valence-corrected chi connectivity index (χ0v) is 15.8. The van der Waals surface area contributed by atoms with Crippen molar-refractivity contribution in [3.05, 3.63) is 30.1 Å². The largest absolute Gasteiger partial charge is 0.466 e. The van der Waals surface area contributed by atoms with E-state index >= 15 is 0 Å². The van der Waals surface area contributed by atoms with Gasteiger partial charge in [-0.2, -0.15) is 0 Å². The van der Waals surface area contributed by atoms with Crippen molar-refractivity contribution >= 4 is 24.3 Å². The first-order valence-electron chi connectivity index (χ1n) is 8.60. The van der Waals surface area contributed by atoms with Crippen LogP contribution in [0.5, 0.6) is 0 Å². The summed E-state index contributed by atoms with van der Waals surface area (Å²) in [5, 5.41) is 3.31. The molecular weight excluding hydrogens is 344 g/mol. The molecule has 1 aliphatic heterocycles. The van der Waals surface area contributed by atoms with Gasteiger partial charge in [-0.25, -0.2) is 0 Å². The second kappa shape index (κ2) is 14.7. The normalized spacial score (nSPS) is 15.8. The molecule has 2 rings (SSSR count). The number of carbonyl (C=O) groups excluding carboxylic acids is 2. The Morgan fingerprint density at radius 3 is 2.44 bits per heavy atom. The van der Waals surface area contributed by atoms with Gasteiger partial charge >= 0.3 is 11.9 Å². The molecule has 142 valence electrons. The van der Waals surface area contributed by atoms with Crippen molar-refractivity contribution in [3.8, 4) is 0 Å². The van der Waals surface area contributed by atoms with Gasteiger partial charge in [-0.05, 0) is 45.4 Å². The van der Waals surface area contributed by atoms with E-state index in [4.69, 9.17) is 9.47 Å². The molecule has 6 nitrogen and oxygen atoms in total. The van der Waals surface area contributed by atoms with Crippen LogP contribution >= 0.6 is 12.4 Å². The fourth-order valence-corrected chi connectivity index (χ4v) is 2.38. The fourth-order valence-electron chi connectivity index (χ4n) is 2.38. The van der Waals surface area contributed by atoms with E-state index in [9.17, 15) is 9.59 Å². The smallest absolute Gasteiger partial charge is 0.311 e. The molecule has 1 atom stereocenters. The van der Waals surface area contributed by atoms with Crippen LogP contribution in [-0.4, -0.2) is 42.7 Å². The molecule has 1 fully saturated rings. The number of pyridine rings is 1. The lowest BCUT2D eigenvalue weighted by Crippen LogP contribution is -2.36. The molecule has 0 amide bonds. The Morgan fingerprint density at radius 2 is 1.88 bits per heavy atom. The number of esters is 2. The standard InChI is InChI=1S/C9H17NO2.C9H11NO2.ClH/c2*1-2-12-9(11)7-8-5-3-4-6-10-8;/h8,10H,2-7H2,1H3;3-6H,2,7H2,1H3;1H. The van der Waals surface area contributed by atoms with E-state index in [-0.39, 0.29) is 30.8 Å². The minimum atomic E-state index is -0.226. The Balaban J connectivity index is 0.000000443. The van der Waals surface area contributed by atoms with Crippen LogP contribution < -0.4 is 5.32 Å². The summed E-state index contributed by atoms with van der Waals surface area (Å²) in [6.07, 6.45) is 6.03. The van der Waals surface area contributed by atoms with Gasteiger partial charge in [0.1, 0.15) is 0 Å². The number of aromatic nitrogens is 1. The quantitative estimate of drug-likeness (QED) is 0.773. The Hall–Kier alpha value is -1.66. The van der Waals surface area contributed by atoms with Crippen molar-refractivity contribution in [3.63, 3.8) is 0 Å². The molecular formula is C18H29ClN2O4. The monoisotopic (exact) mass is 372 g/mol. The Bertz CT molecular complexity index is 479. The number of piperidine rings is 1. The highest BCUT2D eigenvalue weighted by atomic mass is 35.5. The van der Waals surface area contributed by atoms with Crippen LogP contribution in [0.1, 0.15) is 45.2 Å². The van der Waals surface area contributed by atoms with Crippen LogP contribution in [0.15, 0.2) is 24.4 Å². The average molecular weight is 373 g/mol. The van der Waals surface area contributed by atoms with Gasteiger partial charge in [0.25, 0.3) is 0 Å². The molecule has 7 heteroatoms. The van der Waals surface area contributed by atoms with Gasteiger partial charge < -0.3 is 14.8 Å². The molecule has 0 saturated carbocycles. The summed E-state index contributed by atoms with van der Waals surface area (Å²) in [7, 11) is 0. The van der Waals surface area contributed by atoms with Gasteiger partial charge in [0.15, 0.2) is 0 Å². The van der Waals surface area contributed by atoms with Gasteiger partial charge in [-0.3, -0.25) is 14.6 Å². The molecule has 0 aromatic carbocycles. The number of rotatable bonds is 6. The van der Waals surface area contributed by atoms with Crippen molar-refractivity contribution in [2.24, 2.45) is 0 Å². The minimum absolute atomic E-state index is 0. The number of halogens is 1. The molecule has 25 heavy (non-hydrogen) atoms. The van der Waals surface area contributed by atoms with Crippen LogP contribution in [0.3, 0.4) is 0 Å². The van der Waals surface area contributed by atoms with Crippen LogP contribution in [0.4, 0.5) is 0 Å². The third-order valence-corrected chi connectivity index (χ3v) is 3.49. The first-order valence-corrected chi connectivity index (χ1v) is 8.60. The van der Waals surface area contributed by atoms with Gasteiger partial charge in [-0.15, -0.1) is 12.4 Å². The summed E-state index contributed by atoms with van der Waals surface area (Å²) in [6.45, 7) is 5.59. The summed E-state index contributed by atoms with van der Waals surface area (Å²) < 4.78 is 9.63. The van der Waals surface area contributed by atoms with E-state index in [0.717, 1.165) is 18.7 Å². The number of carbonyl (C=O) groups is 2. The maximum absolute atomic E-state index is 11.0. The molecule has 1 N–H and O–H groups in total. The predicted octanol–water partition coefficient (Wildman–Crippen LogP) is 2.69. The Kier molecular flexibility index (Phi) is 13.7. The topological polar surface area (TPSA) is 77.5 Å². The van der Waals surface area contributed by atoms with E-state index < -0.39 is 0 Å². The van der Waals surface area contributed by atoms with Crippen LogP contribution in [0, 0.1) is 0 Å². The van der Waals surface area contributed by atoms with Crippen LogP contribution in [0.25, 0.3) is 0 Å². The SMILES string of the molecule is CCOC(=O)CC1CCCCN1.CCOC(=O)Cc1ccccn1.Cl. The molecule has 0 bridgehead atoms. The van der Waals surface area contributed by atoms with E-state index in [1.807, 2.05) is 19.1 Å².